The van der Waals surface area contributed by atoms with Crippen molar-refractivity contribution in [1.29, 1.82) is 0 Å². The molecular weight excluding hydrogens is 368 g/mol. The molecule has 0 saturated heterocycles. The molecule has 148 valence electrons. The quantitative estimate of drug-likeness (QED) is 0.617. The third-order valence-corrected chi connectivity index (χ3v) is 4.32. The van der Waals surface area contributed by atoms with Gasteiger partial charge in [0.05, 0.1) is 12.7 Å². The van der Waals surface area contributed by atoms with Crippen LogP contribution in [0.2, 0.25) is 0 Å². The maximum atomic E-state index is 12.5. The summed E-state index contributed by atoms with van der Waals surface area (Å²) < 4.78 is 10.9. The second-order valence-electron chi connectivity index (χ2n) is 6.38. The number of amides is 2. The minimum absolute atomic E-state index is 0.188. The van der Waals surface area contributed by atoms with E-state index >= 15 is 0 Å². The van der Waals surface area contributed by atoms with E-state index in [2.05, 4.69) is 5.32 Å². The number of primary amides is 1. The third-order valence-electron chi connectivity index (χ3n) is 4.32. The Bertz CT molecular complexity index is 1020. The average molecular weight is 390 g/mol. The van der Waals surface area contributed by atoms with Crippen LogP contribution >= 0.6 is 0 Å². The van der Waals surface area contributed by atoms with Crippen molar-refractivity contribution in [1.82, 2.24) is 5.32 Å². The first-order chi connectivity index (χ1) is 14.1. The summed E-state index contributed by atoms with van der Waals surface area (Å²) in [5.74, 6) is 0.415. The van der Waals surface area contributed by atoms with Gasteiger partial charge in [0.15, 0.2) is 0 Å². The Balaban J connectivity index is 1.63. The van der Waals surface area contributed by atoms with Gasteiger partial charge >= 0.3 is 0 Å². The highest BCUT2D eigenvalue weighted by molar-refractivity contribution is 5.95. The number of rotatable bonds is 8. The molecule has 3 rings (SSSR count). The van der Waals surface area contributed by atoms with Crippen molar-refractivity contribution in [3.63, 3.8) is 0 Å². The van der Waals surface area contributed by atoms with Gasteiger partial charge in [-0.3, -0.25) is 9.59 Å². The van der Waals surface area contributed by atoms with Crippen LogP contribution in [0.25, 0.3) is 0 Å². The van der Waals surface area contributed by atoms with E-state index in [1.807, 2.05) is 30.3 Å². The highest BCUT2D eigenvalue weighted by Gasteiger charge is 2.10. The smallest absolute Gasteiger partial charge is 0.252 e. The Morgan fingerprint density at radius 3 is 2.48 bits per heavy atom. The number of nitrogens with one attached hydrogen (secondary N) is 1. The van der Waals surface area contributed by atoms with Gasteiger partial charge in [-0.15, -0.1) is 0 Å². The summed E-state index contributed by atoms with van der Waals surface area (Å²) in [5.41, 5.74) is 7.96. The van der Waals surface area contributed by atoms with E-state index in [0.29, 0.717) is 23.4 Å². The van der Waals surface area contributed by atoms with Crippen LogP contribution in [0.4, 0.5) is 0 Å². The van der Waals surface area contributed by atoms with Crippen LogP contribution in [-0.4, -0.2) is 18.9 Å². The highest BCUT2D eigenvalue weighted by Crippen LogP contribution is 2.19. The van der Waals surface area contributed by atoms with Gasteiger partial charge in [-0.25, -0.2) is 0 Å². The SMILES string of the molecule is COc1cccc(CNC(=O)c2cccc(COc3ccccc3C(N)=O)c2)c1. The molecule has 0 radical (unpaired) electrons. The zero-order valence-corrected chi connectivity index (χ0v) is 16.1. The van der Waals surface area contributed by atoms with Gasteiger partial charge in [0.25, 0.3) is 11.8 Å². The summed E-state index contributed by atoms with van der Waals surface area (Å²) in [6, 6.07) is 21.5. The number of hydrogen-bond donors (Lipinski definition) is 2. The summed E-state index contributed by atoms with van der Waals surface area (Å²) in [6.45, 7) is 0.601. The fourth-order valence-electron chi connectivity index (χ4n) is 2.83. The second kappa shape index (κ2) is 9.41. The van der Waals surface area contributed by atoms with E-state index in [-0.39, 0.29) is 12.5 Å². The van der Waals surface area contributed by atoms with Crippen LogP contribution in [0.3, 0.4) is 0 Å². The maximum absolute atomic E-state index is 12.5. The predicted molar refractivity (Wildman–Crippen MR) is 110 cm³/mol. The second-order valence-corrected chi connectivity index (χ2v) is 6.38. The molecule has 6 nitrogen and oxygen atoms in total. The summed E-state index contributed by atoms with van der Waals surface area (Å²) in [4.78, 5) is 24.0. The fourth-order valence-corrected chi connectivity index (χ4v) is 2.83. The Morgan fingerprint density at radius 2 is 1.69 bits per heavy atom. The zero-order chi connectivity index (χ0) is 20.6. The molecule has 0 aliphatic rings. The number of ether oxygens (including phenoxy) is 2. The van der Waals surface area contributed by atoms with Crippen LogP contribution < -0.4 is 20.5 Å². The highest BCUT2D eigenvalue weighted by atomic mass is 16.5. The molecule has 3 aromatic carbocycles. The van der Waals surface area contributed by atoms with Gasteiger partial charge in [0.2, 0.25) is 0 Å². The van der Waals surface area contributed by atoms with Crippen LogP contribution in [0, 0.1) is 0 Å². The Kier molecular flexibility index (Phi) is 6.47. The van der Waals surface area contributed by atoms with Gasteiger partial charge in [-0.05, 0) is 47.5 Å². The Labute approximate surface area is 169 Å². The molecule has 0 unspecified atom stereocenters. The summed E-state index contributed by atoms with van der Waals surface area (Å²) in [7, 11) is 1.60. The molecule has 0 aliphatic heterocycles. The number of methoxy groups -OCH3 is 1. The van der Waals surface area contributed by atoms with E-state index in [4.69, 9.17) is 15.2 Å². The van der Waals surface area contributed by atoms with E-state index in [0.717, 1.165) is 16.9 Å². The summed E-state index contributed by atoms with van der Waals surface area (Å²) >= 11 is 0. The van der Waals surface area contributed by atoms with E-state index in [1.165, 1.54) is 0 Å². The van der Waals surface area contributed by atoms with Crippen LogP contribution in [0.1, 0.15) is 31.8 Å². The first-order valence-electron chi connectivity index (χ1n) is 9.08. The van der Waals surface area contributed by atoms with E-state index < -0.39 is 5.91 Å². The average Bonchev–Trinajstić information content (AvgIpc) is 2.76. The lowest BCUT2D eigenvalue weighted by atomic mass is 10.1. The molecule has 0 saturated carbocycles. The molecule has 0 heterocycles. The summed E-state index contributed by atoms with van der Waals surface area (Å²) in [5, 5.41) is 2.90. The van der Waals surface area contributed by atoms with Gasteiger partial charge in [-0.1, -0.05) is 36.4 Å². The monoisotopic (exact) mass is 390 g/mol. The number of benzene rings is 3. The number of nitrogens with two attached hydrogens (primary N) is 1. The standard InChI is InChI=1S/C23H22N2O4/c1-28-19-9-5-6-16(13-19)14-25-23(27)18-8-4-7-17(12-18)15-29-21-11-3-2-10-20(21)22(24)26/h2-13H,14-15H2,1H3,(H2,24,26)(H,25,27). The molecule has 0 bridgehead atoms. The van der Waals surface area contributed by atoms with Crippen molar-refractivity contribution >= 4 is 11.8 Å². The van der Waals surface area contributed by atoms with Crippen molar-refractivity contribution in [2.24, 2.45) is 5.73 Å². The lowest BCUT2D eigenvalue weighted by Crippen LogP contribution is -2.23. The maximum Gasteiger partial charge on any atom is 0.252 e. The van der Waals surface area contributed by atoms with Crippen LogP contribution in [0.15, 0.2) is 72.8 Å². The molecule has 0 atom stereocenters. The molecule has 6 heteroatoms. The lowest BCUT2D eigenvalue weighted by molar-refractivity contribution is 0.0949. The minimum Gasteiger partial charge on any atom is -0.497 e. The van der Waals surface area contributed by atoms with E-state index in [1.54, 1.807) is 49.6 Å². The largest absolute Gasteiger partial charge is 0.497 e. The van der Waals surface area contributed by atoms with E-state index in [9.17, 15) is 9.59 Å². The van der Waals surface area contributed by atoms with Gasteiger partial charge in [-0.2, -0.15) is 0 Å². The molecule has 3 N–H and O–H groups in total. The molecular formula is C23H22N2O4. The molecule has 3 aromatic rings. The van der Waals surface area contributed by atoms with Gasteiger partial charge < -0.3 is 20.5 Å². The molecule has 0 aliphatic carbocycles. The molecule has 0 fully saturated rings. The van der Waals surface area contributed by atoms with Crippen molar-refractivity contribution < 1.29 is 19.1 Å². The first-order valence-corrected chi connectivity index (χ1v) is 9.08. The number of carbonyl (C=O) groups excluding carboxylic acids is 2. The van der Waals surface area contributed by atoms with Crippen molar-refractivity contribution in [3.8, 4) is 11.5 Å². The molecule has 0 spiro atoms. The van der Waals surface area contributed by atoms with Gasteiger partial charge in [0, 0.05) is 12.1 Å². The number of hydrogen-bond acceptors (Lipinski definition) is 4. The topological polar surface area (TPSA) is 90.7 Å². The molecule has 2 amide bonds. The first kappa shape index (κ1) is 19.9. The zero-order valence-electron chi connectivity index (χ0n) is 16.1. The Morgan fingerprint density at radius 1 is 0.931 bits per heavy atom. The van der Waals surface area contributed by atoms with Crippen molar-refractivity contribution in [2.75, 3.05) is 7.11 Å². The normalized spacial score (nSPS) is 10.2. The van der Waals surface area contributed by atoms with Crippen LogP contribution in [0.5, 0.6) is 11.5 Å². The van der Waals surface area contributed by atoms with Gasteiger partial charge in [0.1, 0.15) is 18.1 Å². The predicted octanol–water partition coefficient (Wildman–Crippen LogP) is 3.30. The molecule has 29 heavy (non-hydrogen) atoms. The number of para-hydroxylation sites is 1. The third kappa shape index (κ3) is 5.35. The minimum atomic E-state index is -0.550. The van der Waals surface area contributed by atoms with Crippen LogP contribution in [-0.2, 0) is 13.2 Å². The fraction of sp³-hybridized carbons (Fsp3) is 0.130. The lowest BCUT2D eigenvalue weighted by Gasteiger charge is -2.11. The summed E-state index contributed by atoms with van der Waals surface area (Å²) in [6.07, 6.45) is 0. The number of carbonyl (C=O) groups is 2. The molecule has 0 aromatic heterocycles. The Hall–Kier alpha value is -3.80. The van der Waals surface area contributed by atoms with Crippen molar-refractivity contribution in [2.45, 2.75) is 13.2 Å². The van der Waals surface area contributed by atoms with Crippen molar-refractivity contribution in [3.05, 3.63) is 95.1 Å².